The van der Waals surface area contributed by atoms with Crippen molar-refractivity contribution in [2.24, 2.45) is 0 Å². The smallest absolute Gasteiger partial charge is 0.272 e. The summed E-state index contributed by atoms with van der Waals surface area (Å²) >= 11 is 2.68. The van der Waals surface area contributed by atoms with E-state index >= 15 is 0 Å². The molecule has 0 aliphatic carbocycles. The van der Waals surface area contributed by atoms with Crippen LogP contribution in [-0.2, 0) is 14.8 Å². The highest BCUT2D eigenvalue weighted by atomic mass is 32.2. The number of benzene rings is 1. The fourth-order valence-corrected chi connectivity index (χ4v) is 5.35. The molecule has 0 spiro atoms. The minimum Gasteiger partial charge on any atom is -0.321 e. The molecule has 184 valence electrons. The van der Waals surface area contributed by atoms with E-state index in [-0.39, 0.29) is 16.5 Å². The highest BCUT2D eigenvalue weighted by Gasteiger charge is 2.18. The predicted octanol–water partition coefficient (Wildman–Crippen LogP) is 4.43. The van der Waals surface area contributed by atoms with Crippen LogP contribution in [0.3, 0.4) is 0 Å². The molecule has 3 aromatic heterocycles. The Morgan fingerprint density at radius 3 is 2.19 bits per heavy atom. The molecule has 3 heterocycles. The van der Waals surface area contributed by atoms with Gasteiger partial charge in [-0.2, -0.15) is 0 Å². The van der Waals surface area contributed by atoms with Crippen LogP contribution >= 0.6 is 22.7 Å². The van der Waals surface area contributed by atoms with Gasteiger partial charge < -0.3 is 10.6 Å². The maximum absolute atomic E-state index is 13.0. The van der Waals surface area contributed by atoms with Crippen molar-refractivity contribution in [1.29, 1.82) is 0 Å². The van der Waals surface area contributed by atoms with Crippen LogP contribution in [0.25, 0.3) is 6.08 Å². The minimum absolute atomic E-state index is 0.0188. The summed E-state index contributed by atoms with van der Waals surface area (Å²) < 4.78 is 27.9. The molecule has 4 aromatic rings. The lowest BCUT2D eigenvalue weighted by molar-refractivity contribution is -0.113. The molecule has 3 N–H and O–H groups in total. The summed E-state index contributed by atoms with van der Waals surface area (Å²) in [7, 11) is -3.94. The monoisotopic (exact) mass is 539 g/mol. The second kappa shape index (κ2) is 10.8. The van der Waals surface area contributed by atoms with Gasteiger partial charge in [0, 0.05) is 22.0 Å². The number of aryl methyl sites for hydroxylation is 2. The van der Waals surface area contributed by atoms with Crippen LogP contribution in [0, 0.1) is 13.8 Å². The van der Waals surface area contributed by atoms with E-state index < -0.39 is 21.8 Å². The molecule has 0 aliphatic heterocycles. The molecule has 9 nitrogen and oxygen atoms in total. The third-order valence-corrected chi connectivity index (χ3v) is 7.73. The number of thiophene rings is 2. The molecule has 0 bridgehead atoms. The van der Waals surface area contributed by atoms with Crippen molar-refractivity contribution in [3.8, 4) is 0 Å². The van der Waals surface area contributed by atoms with E-state index in [0.717, 1.165) is 4.88 Å². The summed E-state index contributed by atoms with van der Waals surface area (Å²) in [6, 6.07) is 14.4. The van der Waals surface area contributed by atoms with Crippen LogP contribution in [0.1, 0.15) is 25.9 Å². The number of anilines is 2. The first-order valence-corrected chi connectivity index (χ1v) is 13.8. The predicted molar refractivity (Wildman–Crippen MR) is 141 cm³/mol. The average molecular weight is 540 g/mol. The topological polar surface area (TPSA) is 130 Å². The Balaban J connectivity index is 1.50. The van der Waals surface area contributed by atoms with Crippen molar-refractivity contribution >= 4 is 62.2 Å². The summed E-state index contributed by atoms with van der Waals surface area (Å²) in [4.78, 5) is 35.0. The van der Waals surface area contributed by atoms with E-state index in [0.29, 0.717) is 22.0 Å². The first kappa shape index (κ1) is 25.2. The van der Waals surface area contributed by atoms with Gasteiger partial charge in [-0.1, -0.05) is 12.1 Å². The van der Waals surface area contributed by atoms with Gasteiger partial charge in [0.25, 0.3) is 21.8 Å². The largest absolute Gasteiger partial charge is 0.321 e. The molecule has 1 aromatic carbocycles. The number of hydrogen-bond acceptors (Lipinski definition) is 8. The van der Waals surface area contributed by atoms with Gasteiger partial charge in [0.15, 0.2) is 0 Å². The molecular formula is C24H21N5O4S3. The van der Waals surface area contributed by atoms with Crippen LogP contribution in [0.4, 0.5) is 11.6 Å². The number of rotatable bonds is 8. The summed E-state index contributed by atoms with van der Waals surface area (Å²) in [6.45, 7) is 3.49. The van der Waals surface area contributed by atoms with E-state index in [1.165, 1.54) is 46.9 Å². The molecule has 12 heteroatoms. The van der Waals surface area contributed by atoms with E-state index in [1.807, 2.05) is 17.5 Å². The van der Waals surface area contributed by atoms with Gasteiger partial charge in [-0.15, -0.1) is 22.7 Å². The zero-order chi connectivity index (χ0) is 25.7. The van der Waals surface area contributed by atoms with Crippen LogP contribution in [0.15, 0.2) is 75.9 Å². The zero-order valence-electron chi connectivity index (χ0n) is 19.2. The van der Waals surface area contributed by atoms with Gasteiger partial charge in [0.1, 0.15) is 5.70 Å². The molecule has 0 aliphatic rings. The SMILES string of the molecule is Cc1cc(C)nc(NS(=O)(=O)c2ccc(NC(=O)/C(=C\c3cccs3)NC(=O)c3cccs3)cc2)n1. The third kappa shape index (κ3) is 6.42. The lowest BCUT2D eigenvalue weighted by atomic mass is 10.2. The third-order valence-electron chi connectivity index (χ3n) is 4.70. The number of carbonyl (C=O) groups excluding carboxylic acids is 2. The average Bonchev–Trinajstić information content (AvgIpc) is 3.52. The molecule has 0 unspecified atom stereocenters. The number of nitrogens with zero attached hydrogens (tertiary/aromatic N) is 2. The highest BCUT2D eigenvalue weighted by Crippen LogP contribution is 2.19. The minimum atomic E-state index is -3.94. The van der Waals surface area contributed by atoms with Crippen LogP contribution in [0.2, 0.25) is 0 Å². The van der Waals surface area contributed by atoms with E-state index in [1.54, 1.807) is 43.5 Å². The Bertz CT molecular complexity index is 1490. The Labute approximate surface area is 216 Å². The maximum atomic E-state index is 13.0. The molecule has 0 saturated carbocycles. The Morgan fingerprint density at radius 2 is 1.58 bits per heavy atom. The van der Waals surface area contributed by atoms with E-state index in [4.69, 9.17) is 0 Å². The molecular weight excluding hydrogens is 518 g/mol. The molecule has 2 amide bonds. The van der Waals surface area contributed by atoms with Crippen molar-refractivity contribution in [1.82, 2.24) is 15.3 Å². The van der Waals surface area contributed by atoms with Crippen molar-refractivity contribution in [3.63, 3.8) is 0 Å². The number of aromatic nitrogens is 2. The second-order valence-electron chi connectivity index (χ2n) is 7.56. The molecule has 0 fully saturated rings. The number of amides is 2. The fraction of sp³-hybridized carbons (Fsp3) is 0.0833. The van der Waals surface area contributed by atoms with E-state index in [9.17, 15) is 18.0 Å². The Kier molecular flexibility index (Phi) is 7.58. The maximum Gasteiger partial charge on any atom is 0.272 e. The number of nitrogens with one attached hydrogen (secondary N) is 3. The summed E-state index contributed by atoms with van der Waals surface area (Å²) in [5.74, 6) is -0.968. The zero-order valence-corrected chi connectivity index (χ0v) is 21.6. The van der Waals surface area contributed by atoms with Gasteiger partial charge >= 0.3 is 0 Å². The van der Waals surface area contributed by atoms with Gasteiger partial charge in [-0.25, -0.2) is 23.1 Å². The number of hydrogen-bond donors (Lipinski definition) is 3. The van der Waals surface area contributed by atoms with Crippen LogP contribution in [-0.4, -0.2) is 30.2 Å². The Morgan fingerprint density at radius 1 is 0.917 bits per heavy atom. The van der Waals surface area contributed by atoms with Gasteiger partial charge in [-0.05, 0) is 73.1 Å². The van der Waals surface area contributed by atoms with Crippen molar-refractivity contribution < 1.29 is 18.0 Å². The van der Waals surface area contributed by atoms with Crippen molar-refractivity contribution in [2.45, 2.75) is 18.7 Å². The van der Waals surface area contributed by atoms with E-state index in [2.05, 4.69) is 25.3 Å². The number of carbonyl (C=O) groups is 2. The molecule has 0 saturated heterocycles. The van der Waals surface area contributed by atoms with Crippen molar-refractivity contribution in [2.75, 3.05) is 10.0 Å². The lowest BCUT2D eigenvalue weighted by Gasteiger charge is -2.11. The van der Waals surface area contributed by atoms with Gasteiger partial charge in [0.2, 0.25) is 5.95 Å². The standard InChI is InChI=1S/C24H21N5O4S3/c1-15-13-16(2)26-24(25-15)29-36(32,33)19-9-7-17(8-10-19)27-22(30)20(14-18-5-3-11-34-18)28-23(31)21-6-4-12-35-21/h3-14H,1-2H3,(H,27,30)(H,28,31)(H,25,26,29)/b20-14+. The first-order chi connectivity index (χ1) is 17.2. The van der Waals surface area contributed by atoms with Crippen LogP contribution < -0.4 is 15.4 Å². The summed E-state index contributed by atoms with van der Waals surface area (Å²) in [6.07, 6.45) is 1.58. The number of sulfonamides is 1. The normalized spacial score (nSPS) is 11.7. The van der Waals surface area contributed by atoms with Crippen LogP contribution in [0.5, 0.6) is 0 Å². The fourth-order valence-electron chi connectivity index (χ4n) is 3.13. The van der Waals surface area contributed by atoms with Gasteiger partial charge in [-0.3, -0.25) is 9.59 Å². The first-order valence-electron chi connectivity index (χ1n) is 10.6. The summed E-state index contributed by atoms with van der Waals surface area (Å²) in [5, 5.41) is 8.98. The Hall–Kier alpha value is -3.87. The summed E-state index contributed by atoms with van der Waals surface area (Å²) in [5.41, 5.74) is 1.68. The van der Waals surface area contributed by atoms with Crippen molar-refractivity contribution in [3.05, 3.63) is 92.2 Å². The molecule has 0 radical (unpaired) electrons. The van der Waals surface area contributed by atoms with Gasteiger partial charge in [0.05, 0.1) is 9.77 Å². The molecule has 36 heavy (non-hydrogen) atoms. The molecule has 0 atom stereocenters. The lowest BCUT2D eigenvalue weighted by Crippen LogP contribution is -2.30. The second-order valence-corrected chi connectivity index (χ2v) is 11.2. The highest BCUT2D eigenvalue weighted by molar-refractivity contribution is 7.92. The quantitative estimate of drug-likeness (QED) is 0.284. The molecule has 4 rings (SSSR count).